The lowest BCUT2D eigenvalue weighted by atomic mass is 10.3. The van der Waals surface area contributed by atoms with Crippen LogP contribution in [0.1, 0.15) is 0 Å². The predicted octanol–water partition coefficient (Wildman–Crippen LogP) is 3.87. The van der Waals surface area contributed by atoms with Gasteiger partial charge in [-0.05, 0) is 72.8 Å². The van der Waals surface area contributed by atoms with E-state index >= 15 is 0 Å². The fraction of sp³-hybridized carbons (Fsp3) is 0.111. The Bertz CT molecular complexity index is 1740. The van der Waals surface area contributed by atoms with Crippen LogP contribution in [-0.4, -0.2) is 48.5 Å². The van der Waals surface area contributed by atoms with E-state index < -0.39 is 38.3 Å². The molecule has 0 spiro atoms. The summed E-state index contributed by atoms with van der Waals surface area (Å²) in [6.07, 6.45) is 2.86. The average molecular weight is 601 g/mol. The third kappa shape index (κ3) is 6.91. The molecule has 4 rings (SSSR count). The van der Waals surface area contributed by atoms with Gasteiger partial charge in [-0.15, -0.1) is 0 Å². The predicted molar refractivity (Wildman–Crippen MR) is 151 cm³/mol. The van der Waals surface area contributed by atoms with Gasteiger partial charge in [0.05, 0.1) is 41.6 Å². The topological polar surface area (TPSA) is 144 Å². The molecule has 41 heavy (non-hydrogen) atoms. The van der Waals surface area contributed by atoms with Crippen LogP contribution < -0.4 is 23.8 Å². The third-order valence-electron chi connectivity index (χ3n) is 5.71. The molecule has 0 aliphatic carbocycles. The standard InChI is InChI=1S/C27H25FN4O7S2/c1-38-25-14-13-24(16-26(25)39-2)41(36,37)32(22-9-5-19(28)6-10-22)18-27(33)30-20-7-11-23(12-8-20)40(34,35)31-21-4-3-15-29-17-21/h3-17,31H,18H2,1-2H3,(H,30,33). The number of hydrogen-bond donors (Lipinski definition) is 2. The SMILES string of the molecule is COc1ccc(S(=O)(=O)N(CC(=O)Nc2ccc(S(=O)(=O)Nc3cccnc3)cc2)c2ccc(F)cc2)cc1OC. The van der Waals surface area contributed by atoms with Gasteiger partial charge in [0.1, 0.15) is 12.4 Å². The van der Waals surface area contributed by atoms with Gasteiger partial charge in [0.2, 0.25) is 5.91 Å². The van der Waals surface area contributed by atoms with Crippen molar-refractivity contribution < 1.29 is 35.5 Å². The van der Waals surface area contributed by atoms with Gasteiger partial charge >= 0.3 is 0 Å². The molecule has 0 saturated heterocycles. The van der Waals surface area contributed by atoms with Crippen LogP contribution in [0.2, 0.25) is 0 Å². The number of carbonyl (C=O) groups is 1. The molecule has 0 fully saturated rings. The molecule has 0 radical (unpaired) electrons. The first-order valence-electron chi connectivity index (χ1n) is 11.9. The molecular weight excluding hydrogens is 575 g/mol. The Morgan fingerprint density at radius 3 is 2.12 bits per heavy atom. The number of amides is 1. The summed E-state index contributed by atoms with van der Waals surface area (Å²) in [6.45, 7) is -0.676. The number of benzene rings is 3. The minimum absolute atomic E-state index is 0.0410. The van der Waals surface area contributed by atoms with Crippen molar-refractivity contribution in [1.29, 1.82) is 0 Å². The van der Waals surface area contributed by atoms with Crippen LogP contribution in [0.15, 0.2) is 101 Å². The van der Waals surface area contributed by atoms with Gasteiger partial charge in [-0.3, -0.25) is 18.8 Å². The molecule has 0 aliphatic heterocycles. The number of methoxy groups -OCH3 is 2. The molecule has 0 aliphatic rings. The smallest absolute Gasteiger partial charge is 0.264 e. The van der Waals surface area contributed by atoms with E-state index in [9.17, 15) is 26.0 Å². The van der Waals surface area contributed by atoms with Crippen molar-refractivity contribution in [1.82, 2.24) is 4.98 Å². The van der Waals surface area contributed by atoms with E-state index in [0.29, 0.717) is 5.75 Å². The van der Waals surface area contributed by atoms with Gasteiger partial charge in [-0.25, -0.2) is 21.2 Å². The van der Waals surface area contributed by atoms with E-state index in [2.05, 4.69) is 15.0 Å². The van der Waals surface area contributed by atoms with Crippen molar-refractivity contribution >= 4 is 43.0 Å². The van der Waals surface area contributed by atoms with Gasteiger partial charge in [0, 0.05) is 18.0 Å². The van der Waals surface area contributed by atoms with Crippen molar-refractivity contribution in [2.75, 3.05) is 35.1 Å². The maximum absolute atomic E-state index is 13.7. The molecule has 3 aromatic carbocycles. The highest BCUT2D eigenvalue weighted by atomic mass is 32.2. The Morgan fingerprint density at radius 1 is 0.854 bits per heavy atom. The Morgan fingerprint density at radius 2 is 1.51 bits per heavy atom. The second-order valence-electron chi connectivity index (χ2n) is 8.42. The number of ether oxygens (including phenoxy) is 2. The van der Waals surface area contributed by atoms with Crippen LogP contribution in [0.5, 0.6) is 11.5 Å². The molecule has 214 valence electrons. The number of pyridine rings is 1. The summed E-state index contributed by atoms with van der Waals surface area (Å²) in [4.78, 5) is 16.6. The van der Waals surface area contributed by atoms with Crippen molar-refractivity contribution in [3.05, 3.63) is 97.1 Å². The van der Waals surface area contributed by atoms with Crippen molar-refractivity contribution in [2.24, 2.45) is 0 Å². The van der Waals surface area contributed by atoms with E-state index in [0.717, 1.165) is 16.4 Å². The molecule has 0 bridgehead atoms. The Labute approximate surface area is 236 Å². The highest BCUT2D eigenvalue weighted by Gasteiger charge is 2.28. The van der Waals surface area contributed by atoms with E-state index in [1.165, 1.54) is 81.2 Å². The van der Waals surface area contributed by atoms with Crippen LogP contribution in [-0.2, 0) is 24.8 Å². The van der Waals surface area contributed by atoms with E-state index in [1.807, 2.05) is 0 Å². The maximum atomic E-state index is 13.7. The molecule has 14 heteroatoms. The first-order valence-corrected chi connectivity index (χ1v) is 14.8. The Hall–Kier alpha value is -4.69. The number of carbonyl (C=O) groups excluding carboxylic acids is 1. The Kier molecular flexibility index (Phi) is 8.74. The molecule has 11 nitrogen and oxygen atoms in total. The molecule has 0 atom stereocenters. The molecule has 2 N–H and O–H groups in total. The Balaban J connectivity index is 1.56. The number of nitrogens with one attached hydrogen (secondary N) is 2. The number of sulfonamides is 2. The summed E-state index contributed by atoms with van der Waals surface area (Å²) < 4.78 is 79.8. The lowest BCUT2D eigenvalue weighted by molar-refractivity contribution is -0.114. The summed E-state index contributed by atoms with van der Waals surface area (Å²) >= 11 is 0. The summed E-state index contributed by atoms with van der Waals surface area (Å²) in [5, 5.41) is 2.56. The highest BCUT2D eigenvalue weighted by molar-refractivity contribution is 7.93. The van der Waals surface area contributed by atoms with Gasteiger partial charge in [0.15, 0.2) is 11.5 Å². The fourth-order valence-corrected chi connectivity index (χ4v) is 6.19. The minimum Gasteiger partial charge on any atom is -0.493 e. The summed E-state index contributed by atoms with van der Waals surface area (Å²) in [5.74, 6) is -0.860. The van der Waals surface area contributed by atoms with Crippen LogP contribution in [0.25, 0.3) is 0 Å². The van der Waals surface area contributed by atoms with Crippen LogP contribution >= 0.6 is 0 Å². The lowest BCUT2D eigenvalue weighted by Gasteiger charge is -2.24. The quantitative estimate of drug-likeness (QED) is 0.264. The highest BCUT2D eigenvalue weighted by Crippen LogP contribution is 2.32. The number of nitrogens with zero attached hydrogens (tertiary/aromatic N) is 2. The second-order valence-corrected chi connectivity index (χ2v) is 12.0. The van der Waals surface area contributed by atoms with Crippen molar-refractivity contribution in [3.8, 4) is 11.5 Å². The number of anilines is 3. The molecule has 0 unspecified atom stereocenters. The van der Waals surface area contributed by atoms with Crippen LogP contribution in [0.4, 0.5) is 21.5 Å². The normalized spacial score (nSPS) is 11.4. The van der Waals surface area contributed by atoms with Crippen LogP contribution in [0, 0.1) is 5.82 Å². The largest absolute Gasteiger partial charge is 0.493 e. The summed E-state index contributed by atoms with van der Waals surface area (Å²) in [5.41, 5.74) is 0.540. The van der Waals surface area contributed by atoms with Gasteiger partial charge in [-0.2, -0.15) is 0 Å². The second kappa shape index (κ2) is 12.2. The molecule has 4 aromatic rings. The van der Waals surface area contributed by atoms with Crippen molar-refractivity contribution in [2.45, 2.75) is 9.79 Å². The molecule has 1 amide bonds. The molecule has 1 aromatic heterocycles. The average Bonchev–Trinajstić information content (AvgIpc) is 2.96. The number of halogens is 1. The number of aromatic nitrogens is 1. The van der Waals surface area contributed by atoms with Gasteiger partial charge in [-0.1, -0.05) is 0 Å². The van der Waals surface area contributed by atoms with Crippen molar-refractivity contribution in [3.63, 3.8) is 0 Å². The number of rotatable bonds is 11. The number of hydrogen-bond acceptors (Lipinski definition) is 8. The lowest BCUT2D eigenvalue weighted by Crippen LogP contribution is -2.38. The summed E-state index contributed by atoms with van der Waals surface area (Å²) in [7, 11) is -5.51. The molecule has 1 heterocycles. The first kappa shape index (κ1) is 29.3. The van der Waals surface area contributed by atoms with Gasteiger partial charge < -0.3 is 14.8 Å². The zero-order valence-corrected chi connectivity index (χ0v) is 23.4. The maximum Gasteiger partial charge on any atom is 0.264 e. The van der Waals surface area contributed by atoms with E-state index in [1.54, 1.807) is 12.1 Å². The summed E-state index contributed by atoms with van der Waals surface area (Å²) in [6, 6.07) is 17.0. The third-order valence-corrected chi connectivity index (χ3v) is 8.87. The molecule has 0 saturated carbocycles. The zero-order valence-electron chi connectivity index (χ0n) is 21.8. The fourth-order valence-electron chi connectivity index (χ4n) is 3.71. The minimum atomic E-state index is -4.35. The monoisotopic (exact) mass is 600 g/mol. The van der Waals surface area contributed by atoms with E-state index in [4.69, 9.17) is 9.47 Å². The molecular formula is C27H25FN4O7S2. The van der Waals surface area contributed by atoms with Crippen LogP contribution in [0.3, 0.4) is 0 Å². The van der Waals surface area contributed by atoms with Gasteiger partial charge in [0.25, 0.3) is 20.0 Å². The van der Waals surface area contributed by atoms with E-state index in [-0.39, 0.29) is 32.6 Å². The zero-order chi connectivity index (χ0) is 29.6. The first-order chi connectivity index (χ1) is 19.5.